The highest BCUT2D eigenvalue weighted by molar-refractivity contribution is 7.26. The maximum absolute atomic E-state index is 7.02. The number of aromatic nitrogens is 3. The van der Waals surface area contributed by atoms with Crippen LogP contribution in [0, 0.1) is 0 Å². The number of benzene rings is 5. The van der Waals surface area contributed by atoms with Crippen LogP contribution in [-0.2, 0) is 0 Å². The van der Waals surface area contributed by atoms with Crippen LogP contribution >= 0.6 is 11.3 Å². The van der Waals surface area contributed by atoms with Gasteiger partial charge in [-0.1, -0.05) is 109 Å². The summed E-state index contributed by atoms with van der Waals surface area (Å²) in [6, 6.07) is 42.6. The predicted molar refractivity (Wildman–Crippen MR) is 182 cm³/mol. The van der Waals surface area contributed by atoms with E-state index in [1.807, 2.05) is 35.9 Å². The highest BCUT2D eigenvalue weighted by Gasteiger charge is 2.35. The average Bonchev–Trinajstić information content (AvgIpc) is 3.61. The summed E-state index contributed by atoms with van der Waals surface area (Å²) in [7, 11) is 0. The van der Waals surface area contributed by atoms with Gasteiger partial charge in [0.05, 0.1) is 21.8 Å². The number of rotatable bonds is 5. The van der Waals surface area contributed by atoms with Crippen molar-refractivity contribution in [2.75, 3.05) is 0 Å². The minimum Gasteiger partial charge on any atom is -0.341 e. The number of para-hydroxylation sites is 1. The Bertz CT molecular complexity index is 2350. The lowest BCUT2D eigenvalue weighted by molar-refractivity contribution is 0.228. The van der Waals surface area contributed by atoms with Crippen molar-refractivity contribution in [3.63, 3.8) is 0 Å². The van der Waals surface area contributed by atoms with E-state index in [9.17, 15) is 0 Å². The lowest BCUT2D eigenvalue weighted by Crippen LogP contribution is -2.41. The van der Waals surface area contributed by atoms with Gasteiger partial charge in [0.15, 0.2) is 0 Å². The fourth-order valence-corrected chi connectivity index (χ4v) is 7.91. The van der Waals surface area contributed by atoms with Crippen LogP contribution in [-0.4, -0.2) is 19.4 Å². The molecule has 210 valence electrons. The van der Waals surface area contributed by atoms with E-state index >= 15 is 0 Å². The third-order valence-electron chi connectivity index (χ3n) is 8.78. The topological polar surface area (TPSA) is 60.0 Å². The largest absolute Gasteiger partial charge is 0.341 e. The normalized spacial score (nSPS) is 15.6. The van der Waals surface area contributed by atoms with Crippen LogP contribution in [0.3, 0.4) is 0 Å². The van der Waals surface area contributed by atoms with Crippen molar-refractivity contribution in [1.82, 2.24) is 19.4 Å². The minimum atomic E-state index is -0.415. The molecule has 2 atom stereocenters. The van der Waals surface area contributed by atoms with Crippen LogP contribution in [0.4, 0.5) is 0 Å². The zero-order valence-corrected chi connectivity index (χ0v) is 24.5. The van der Waals surface area contributed by atoms with Gasteiger partial charge in [0.1, 0.15) is 6.17 Å². The molecule has 1 aliphatic rings. The molecule has 8 aromatic rings. The number of fused-ring (bicyclic) bond motifs is 7. The van der Waals surface area contributed by atoms with Gasteiger partial charge in [-0.05, 0) is 29.3 Å². The molecule has 44 heavy (non-hydrogen) atoms. The molecule has 1 aliphatic heterocycles. The summed E-state index contributed by atoms with van der Waals surface area (Å²) in [6.07, 6.45) is 5.65. The second-order valence-corrected chi connectivity index (χ2v) is 12.3. The summed E-state index contributed by atoms with van der Waals surface area (Å²) in [5.74, 6) is 0.638. The highest BCUT2D eigenvalue weighted by Crippen LogP contribution is 2.46. The van der Waals surface area contributed by atoms with Gasteiger partial charge in [-0.2, -0.15) is 0 Å². The number of nitrogens with two attached hydrogens (primary N) is 1. The van der Waals surface area contributed by atoms with E-state index in [0.29, 0.717) is 5.95 Å². The van der Waals surface area contributed by atoms with Crippen molar-refractivity contribution in [3.05, 3.63) is 156 Å². The maximum Gasteiger partial charge on any atom is 0.234 e. The molecule has 5 aromatic carbocycles. The monoisotopic (exact) mass is 585 g/mol. The van der Waals surface area contributed by atoms with Crippen LogP contribution in [0.2, 0.25) is 0 Å². The van der Waals surface area contributed by atoms with E-state index in [4.69, 9.17) is 15.7 Å². The SMILES string of the molecule is NC(c1cnc(-n2c3ccccc3c3ccc4c5ccccc5sc4c32)nc1)N1C(c2ccccc2)=C[C@H]1c1ccccc1. The molecular formula is C38H27N5S. The van der Waals surface area contributed by atoms with E-state index in [1.54, 1.807) is 0 Å². The lowest BCUT2D eigenvalue weighted by atomic mass is 9.91. The molecule has 0 amide bonds. The Morgan fingerprint density at radius 1 is 0.659 bits per heavy atom. The van der Waals surface area contributed by atoms with Gasteiger partial charge in [-0.3, -0.25) is 4.57 Å². The molecule has 2 N–H and O–H groups in total. The number of hydrogen-bond acceptors (Lipinski definition) is 5. The third kappa shape index (κ3) is 3.75. The van der Waals surface area contributed by atoms with Gasteiger partial charge in [0.2, 0.25) is 5.95 Å². The zero-order valence-electron chi connectivity index (χ0n) is 23.7. The van der Waals surface area contributed by atoms with E-state index in [0.717, 1.165) is 27.9 Å². The van der Waals surface area contributed by atoms with E-state index < -0.39 is 6.17 Å². The third-order valence-corrected chi connectivity index (χ3v) is 9.98. The summed E-state index contributed by atoms with van der Waals surface area (Å²) in [4.78, 5) is 12.2. The molecule has 1 unspecified atom stereocenters. The lowest BCUT2D eigenvalue weighted by Gasteiger charge is -2.46. The van der Waals surface area contributed by atoms with Crippen molar-refractivity contribution < 1.29 is 0 Å². The van der Waals surface area contributed by atoms with Crippen molar-refractivity contribution in [3.8, 4) is 5.95 Å². The first-order chi connectivity index (χ1) is 21.8. The van der Waals surface area contributed by atoms with Crippen LogP contribution in [0.5, 0.6) is 0 Å². The molecule has 9 rings (SSSR count). The smallest absolute Gasteiger partial charge is 0.234 e. The molecular weight excluding hydrogens is 559 g/mol. The van der Waals surface area contributed by atoms with Gasteiger partial charge in [0, 0.05) is 49.9 Å². The highest BCUT2D eigenvalue weighted by atomic mass is 32.1. The Kier molecular flexibility index (Phi) is 5.66. The molecule has 3 aromatic heterocycles. The average molecular weight is 586 g/mol. The zero-order chi connectivity index (χ0) is 29.2. The molecule has 0 bridgehead atoms. The van der Waals surface area contributed by atoms with E-state index in [-0.39, 0.29) is 6.04 Å². The first-order valence-electron chi connectivity index (χ1n) is 14.8. The predicted octanol–water partition coefficient (Wildman–Crippen LogP) is 9.00. The van der Waals surface area contributed by atoms with Crippen LogP contribution in [0.15, 0.2) is 140 Å². The van der Waals surface area contributed by atoms with Gasteiger partial charge in [-0.15, -0.1) is 11.3 Å². The molecule has 0 saturated heterocycles. The Hall–Kier alpha value is -5.30. The summed E-state index contributed by atoms with van der Waals surface area (Å²) in [6.45, 7) is 0. The van der Waals surface area contributed by atoms with E-state index in [1.165, 1.54) is 36.5 Å². The summed E-state index contributed by atoms with van der Waals surface area (Å²) in [5.41, 5.74) is 13.6. The Balaban J connectivity index is 1.17. The second kappa shape index (κ2) is 9.88. The van der Waals surface area contributed by atoms with Crippen LogP contribution < -0.4 is 5.73 Å². The second-order valence-electron chi connectivity index (χ2n) is 11.2. The van der Waals surface area contributed by atoms with Crippen LogP contribution in [0.25, 0.3) is 53.6 Å². The summed E-state index contributed by atoms with van der Waals surface area (Å²) >= 11 is 1.82. The molecule has 0 spiro atoms. The Labute approximate surface area is 258 Å². The Morgan fingerprint density at radius 2 is 1.32 bits per heavy atom. The molecule has 0 fully saturated rings. The molecule has 6 heteroatoms. The van der Waals surface area contributed by atoms with Gasteiger partial charge < -0.3 is 10.6 Å². The number of thiophene rings is 1. The Morgan fingerprint density at radius 3 is 2.11 bits per heavy atom. The fourth-order valence-electron chi connectivity index (χ4n) is 6.67. The van der Waals surface area contributed by atoms with Gasteiger partial charge in [0.25, 0.3) is 0 Å². The van der Waals surface area contributed by atoms with Gasteiger partial charge >= 0.3 is 0 Å². The molecule has 5 nitrogen and oxygen atoms in total. The minimum absolute atomic E-state index is 0.0691. The first-order valence-corrected chi connectivity index (χ1v) is 15.6. The fraction of sp³-hybridized carbons (Fsp3) is 0.0526. The molecule has 0 saturated carbocycles. The van der Waals surface area contributed by atoms with Gasteiger partial charge in [-0.25, -0.2) is 9.97 Å². The van der Waals surface area contributed by atoms with E-state index in [2.05, 4.69) is 125 Å². The number of nitrogens with zero attached hydrogens (tertiary/aromatic N) is 4. The standard InChI is InChI=1S/C38H27N5S/c39-37(42-32(24-11-3-1-4-12-24)21-33(42)25-13-5-2-6-14-25)26-22-40-38(41-23-26)43-31-17-9-7-15-27(31)29-19-20-30-28-16-8-10-18-34(28)44-36(30)35(29)43/h1-23,32,37H,39H2/t32-,37?/m0/s1. The summed E-state index contributed by atoms with van der Waals surface area (Å²) in [5, 5.41) is 4.92. The van der Waals surface area contributed by atoms with Crippen molar-refractivity contribution >= 4 is 59.0 Å². The quantitative estimate of drug-likeness (QED) is 0.219. The molecule has 4 heterocycles. The first kappa shape index (κ1) is 25.2. The van der Waals surface area contributed by atoms with Crippen molar-refractivity contribution in [2.24, 2.45) is 5.73 Å². The molecule has 0 aliphatic carbocycles. The maximum atomic E-state index is 7.02. The number of hydrogen-bond donors (Lipinski definition) is 1. The van der Waals surface area contributed by atoms with Crippen LogP contribution in [0.1, 0.15) is 28.9 Å². The molecule has 0 radical (unpaired) electrons. The summed E-state index contributed by atoms with van der Waals surface area (Å²) < 4.78 is 4.73. The van der Waals surface area contributed by atoms with Crippen molar-refractivity contribution in [2.45, 2.75) is 12.2 Å². The van der Waals surface area contributed by atoms with Crippen molar-refractivity contribution in [1.29, 1.82) is 0 Å².